The Labute approximate surface area is 141 Å². The zero-order valence-corrected chi connectivity index (χ0v) is 16.1. The first-order chi connectivity index (χ1) is 10.5. The van der Waals surface area contributed by atoms with Crippen LogP contribution >= 0.6 is 0 Å². The van der Waals surface area contributed by atoms with Crippen molar-refractivity contribution in [2.24, 2.45) is 11.8 Å². The molecule has 0 atom stereocenters. The molecule has 0 aromatic carbocycles. The van der Waals surface area contributed by atoms with E-state index in [9.17, 15) is 0 Å². The summed E-state index contributed by atoms with van der Waals surface area (Å²) < 4.78 is 0. The molecule has 0 saturated carbocycles. The van der Waals surface area contributed by atoms with E-state index < -0.39 is 0 Å². The van der Waals surface area contributed by atoms with Crippen molar-refractivity contribution in [2.45, 2.75) is 105 Å². The quantitative estimate of drug-likeness (QED) is 0.300. The molecule has 0 spiro atoms. The van der Waals surface area contributed by atoms with Crippen molar-refractivity contribution < 1.29 is 0 Å². The second kappa shape index (κ2) is 15.4. The van der Waals surface area contributed by atoms with Crippen molar-refractivity contribution >= 4 is 0 Å². The fraction of sp³-hybridized carbons (Fsp3) is 0.905. The van der Waals surface area contributed by atoms with E-state index >= 15 is 0 Å². The van der Waals surface area contributed by atoms with Crippen molar-refractivity contribution in [1.29, 1.82) is 0 Å². The number of unbranched alkanes of at least 4 members (excludes halogenated alkanes) is 8. The van der Waals surface area contributed by atoms with Crippen LogP contribution < -0.4 is 5.32 Å². The highest BCUT2D eigenvalue weighted by Crippen LogP contribution is 2.13. The van der Waals surface area contributed by atoms with E-state index in [1.165, 1.54) is 76.3 Å². The minimum absolute atomic E-state index is 0.781. The van der Waals surface area contributed by atoms with Crippen LogP contribution in [0.15, 0.2) is 12.3 Å². The van der Waals surface area contributed by atoms with Gasteiger partial charge in [-0.3, -0.25) is 0 Å². The molecule has 0 fully saturated rings. The van der Waals surface area contributed by atoms with E-state index in [-0.39, 0.29) is 0 Å². The number of hydrogen-bond donors (Lipinski definition) is 1. The van der Waals surface area contributed by atoms with Crippen molar-refractivity contribution in [2.75, 3.05) is 6.54 Å². The van der Waals surface area contributed by atoms with Gasteiger partial charge >= 0.3 is 0 Å². The van der Waals surface area contributed by atoms with Crippen LogP contribution in [0, 0.1) is 11.8 Å². The number of hydrogen-bond acceptors (Lipinski definition) is 1. The summed E-state index contributed by atoms with van der Waals surface area (Å²) in [5, 5.41) is 3.48. The molecule has 1 N–H and O–H groups in total. The maximum absolute atomic E-state index is 4.11. The summed E-state index contributed by atoms with van der Waals surface area (Å²) in [5.41, 5.74) is 1.23. The molecule has 132 valence electrons. The zero-order chi connectivity index (χ0) is 16.6. The molecule has 0 aliphatic rings. The summed E-state index contributed by atoms with van der Waals surface area (Å²) in [6.07, 6.45) is 16.5. The molecule has 0 aliphatic heterocycles. The Bertz CT molecular complexity index is 242. The van der Waals surface area contributed by atoms with Crippen LogP contribution in [0.5, 0.6) is 0 Å². The second-order valence-corrected chi connectivity index (χ2v) is 7.83. The summed E-state index contributed by atoms with van der Waals surface area (Å²) in [7, 11) is 0. The van der Waals surface area contributed by atoms with Crippen LogP contribution in [-0.2, 0) is 0 Å². The molecule has 0 rings (SSSR count). The highest BCUT2D eigenvalue weighted by atomic mass is 14.9. The molecule has 0 saturated heterocycles. The average molecular weight is 310 g/mol. The molecule has 0 unspecified atom stereocenters. The third-order valence-electron chi connectivity index (χ3n) is 4.36. The SMILES string of the molecule is C=C(CCC(C)C)NCCCCCCCCCCCC(C)C. The zero-order valence-electron chi connectivity index (χ0n) is 16.1. The van der Waals surface area contributed by atoms with Crippen molar-refractivity contribution in [3.05, 3.63) is 12.3 Å². The third-order valence-corrected chi connectivity index (χ3v) is 4.36. The van der Waals surface area contributed by atoms with Gasteiger partial charge in [0.25, 0.3) is 0 Å². The Morgan fingerprint density at radius 2 is 1.14 bits per heavy atom. The van der Waals surface area contributed by atoms with Crippen LogP contribution in [-0.4, -0.2) is 6.54 Å². The molecule has 0 amide bonds. The predicted molar refractivity (Wildman–Crippen MR) is 102 cm³/mol. The predicted octanol–water partition coefficient (Wildman–Crippen LogP) is 7.08. The molecule has 0 heterocycles. The van der Waals surface area contributed by atoms with Gasteiger partial charge in [0.05, 0.1) is 0 Å². The standard InChI is InChI=1S/C21H43N/c1-19(2)15-13-11-9-7-6-8-10-12-14-18-22-21(5)17-16-20(3)4/h19-20,22H,5-18H2,1-4H3. The fourth-order valence-corrected chi connectivity index (χ4v) is 2.73. The van der Waals surface area contributed by atoms with Gasteiger partial charge in [0.1, 0.15) is 0 Å². The highest BCUT2D eigenvalue weighted by Gasteiger charge is 1.98. The first-order valence-corrected chi connectivity index (χ1v) is 9.94. The Morgan fingerprint density at radius 3 is 1.64 bits per heavy atom. The first kappa shape index (κ1) is 21.5. The van der Waals surface area contributed by atoms with E-state index in [1.54, 1.807) is 0 Å². The Hall–Kier alpha value is -0.460. The van der Waals surface area contributed by atoms with Crippen LogP contribution in [0.3, 0.4) is 0 Å². The molecule has 0 aliphatic carbocycles. The average Bonchev–Trinajstić information content (AvgIpc) is 2.45. The van der Waals surface area contributed by atoms with Gasteiger partial charge in [-0.25, -0.2) is 0 Å². The Kier molecular flexibility index (Phi) is 15.1. The normalized spacial score (nSPS) is 11.4. The molecule has 0 radical (unpaired) electrons. The van der Waals surface area contributed by atoms with Gasteiger partial charge in [0.2, 0.25) is 0 Å². The number of nitrogens with one attached hydrogen (secondary N) is 1. The van der Waals surface area contributed by atoms with E-state index in [2.05, 4.69) is 39.6 Å². The number of rotatable bonds is 16. The molecule has 22 heavy (non-hydrogen) atoms. The Balaban J connectivity index is 3.12. The topological polar surface area (TPSA) is 12.0 Å². The van der Waals surface area contributed by atoms with Gasteiger partial charge in [0, 0.05) is 12.2 Å². The monoisotopic (exact) mass is 309 g/mol. The van der Waals surface area contributed by atoms with Crippen molar-refractivity contribution in [1.82, 2.24) is 5.32 Å². The highest BCUT2D eigenvalue weighted by molar-refractivity contribution is 4.90. The molecule has 1 nitrogen and oxygen atoms in total. The summed E-state index contributed by atoms with van der Waals surface area (Å²) in [6.45, 7) is 14.4. The van der Waals surface area contributed by atoms with Crippen LogP contribution in [0.2, 0.25) is 0 Å². The van der Waals surface area contributed by atoms with Gasteiger partial charge in [-0.1, -0.05) is 92.1 Å². The lowest BCUT2D eigenvalue weighted by molar-refractivity contribution is 0.504. The van der Waals surface area contributed by atoms with E-state index in [1.807, 2.05) is 0 Å². The lowest BCUT2D eigenvalue weighted by Crippen LogP contribution is -2.14. The molecule has 1 heteroatoms. The fourth-order valence-electron chi connectivity index (χ4n) is 2.73. The van der Waals surface area contributed by atoms with Crippen LogP contribution in [0.1, 0.15) is 105 Å². The van der Waals surface area contributed by atoms with Crippen LogP contribution in [0.4, 0.5) is 0 Å². The lowest BCUT2D eigenvalue weighted by atomic mass is 10.0. The largest absolute Gasteiger partial charge is 0.389 e. The van der Waals surface area contributed by atoms with E-state index in [0.29, 0.717) is 0 Å². The van der Waals surface area contributed by atoms with Gasteiger partial charge < -0.3 is 5.32 Å². The second-order valence-electron chi connectivity index (χ2n) is 7.83. The van der Waals surface area contributed by atoms with Gasteiger partial charge in [-0.15, -0.1) is 0 Å². The summed E-state index contributed by atoms with van der Waals surface area (Å²) in [4.78, 5) is 0. The smallest absolute Gasteiger partial charge is 0.0143 e. The maximum atomic E-state index is 4.11. The van der Waals surface area contributed by atoms with Crippen molar-refractivity contribution in [3.63, 3.8) is 0 Å². The molecule has 0 bridgehead atoms. The lowest BCUT2D eigenvalue weighted by Gasteiger charge is -2.10. The van der Waals surface area contributed by atoms with Crippen LogP contribution in [0.25, 0.3) is 0 Å². The van der Waals surface area contributed by atoms with Gasteiger partial charge in [0.15, 0.2) is 0 Å². The van der Waals surface area contributed by atoms with E-state index in [0.717, 1.165) is 24.8 Å². The molecular formula is C21H43N. The minimum Gasteiger partial charge on any atom is -0.389 e. The minimum atomic E-state index is 0.781. The Morgan fingerprint density at radius 1 is 0.682 bits per heavy atom. The summed E-state index contributed by atoms with van der Waals surface area (Å²) in [5.74, 6) is 1.67. The van der Waals surface area contributed by atoms with Gasteiger partial charge in [-0.2, -0.15) is 0 Å². The molecule has 0 aromatic rings. The molecular weight excluding hydrogens is 266 g/mol. The summed E-state index contributed by atoms with van der Waals surface area (Å²) >= 11 is 0. The number of allylic oxidation sites excluding steroid dienone is 1. The van der Waals surface area contributed by atoms with Gasteiger partial charge in [-0.05, 0) is 31.1 Å². The maximum Gasteiger partial charge on any atom is 0.0143 e. The van der Waals surface area contributed by atoms with E-state index in [4.69, 9.17) is 0 Å². The third kappa shape index (κ3) is 17.6. The first-order valence-electron chi connectivity index (χ1n) is 9.94. The van der Waals surface area contributed by atoms with Crippen molar-refractivity contribution in [3.8, 4) is 0 Å². The molecule has 0 aromatic heterocycles. The summed E-state index contributed by atoms with van der Waals surface area (Å²) in [6, 6.07) is 0.